The monoisotopic (exact) mass is 416 g/mol. The standard InChI is InChI=1S/C20H17FN2O5S/c1-28-19-5-3-2-4-16(19)23-29(26,27)15-10-11-18(24)17(12-15)22-20(25)13-6-8-14(21)9-7-13/h2-12,23-24H,1H3,(H,22,25). The van der Waals surface area contributed by atoms with Gasteiger partial charge in [0.2, 0.25) is 0 Å². The Hall–Kier alpha value is -3.59. The van der Waals surface area contributed by atoms with Crippen LogP contribution in [0.5, 0.6) is 11.5 Å². The van der Waals surface area contributed by atoms with E-state index < -0.39 is 21.7 Å². The molecule has 7 nitrogen and oxygen atoms in total. The summed E-state index contributed by atoms with van der Waals surface area (Å²) in [7, 11) is -2.62. The Bertz CT molecular complexity index is 1150. The molecule has 3 aromatic rings. The van der Waals surface area contributed by atoms with Gasteiger partial charge in [-0.15, -0.1) is 0 Å². The Labute approximate surface area is 166 Å². The van der Waals surface area contributed by atoms with E-state index in [0.29, 0.717) is 5.75 Å². The minimum Gasteiger partial charge on any atom is -0.506 e. The summed E-state index contributed by atoms with van der Waals surface area (Å²) in [6.45, 7) is 0. The molecule has 0 aliphatic rings. The maximum absolute atomic E-state index is 13.0. The van der Waals surface area contributed by atoms with Crippen molar-refractivity contribution in [3.05, 3.63) is 78.1 Å². The number of nitrogens with one attached hydrogen (secondary N) is 2. The lowest BCUT2D eigenvalue weighted by Gasteiger charge is -2.13. The van der Waals surface area contributed by atoms with Crippen LogP contribution in [0.15, 0.2) is 71.6 Å². The number of carbonyl (C=O) groups excluding carboxylic acids is 1. The predicted octanol–water partition coefficient (Wildman–Crippen LogP) is 3.59. The molecular formula is C20H17FN2O5S. The average Bonchev–Trinajstić information content (AvgIpc) is 2.70. The molecule has 0 bridgehead atoms. The molecule has 3 N–H and O–H groups in total. The molecule has 29 heavy (non-hydrogen) atoms. The highest BCUT2D eigenvalue weighted by Gasteiger charge is 2.19. The highest BCUT2D eigenvalue weighted by molar-refractivity contribution is 7.92. The van der Waals surface area contributed by atoms with Crippen LogP contribution in [0.1, 0.15) is 10.4 Å². The zero-order chi connectivity index (χ0) is 21.0. The number of phenols is 1. The normalized spacial score (nSPS) is 11.0. The van der Waals surface area contributed by atoms with Gasteiger partial charge in [0.25, 0.3) is 15.9 Å². The lowest BCUT2D eigenvalue weighted by molar-refractivity contribution is 0.102. The number of amides is 1. The predicted molar refractivity (Wildman–Crippen MR) is 106 cm³/mol. The zero-order valence-electron chi connectivity index (χ0n) is 15.2. The Balaban J connectivity index is 1.87. The molecule has 0 aliphatic heterocycles. The van der Waals surface area contributed by atoms with E-state index in [1.165, 1.54) is 31.4 Å². The van der Waals surface area contributed by atoms with Crippen molar-refractivity contribution in [2.24, 2.45) is 0 Å². The number of rotatable bonds is 6. The minimum atomic E-state index is -4.03. The number of para-hydroxylation sites is 2. The number of carbonyl (C=O) groups is 1. The Kier molecular flexibility index (Phi) is 5.69. The molecule has 0 unspecified atom stereocenters. The van der Waals surface area contributed by atoms with Crippen molar-refractivity contribution < 1.29 is 27.4 Å². The molecule has 0 saturated carbocycles. The fourth-order valence-corrected chi connectivity index (χ4v) is 3.61. The first-order valence-electron chi connectivity index (χ1n) is 8.36. The quantitative estimate of drug-likeness (QED) is 0.533. The highest BCUT2D eigenvalue weighted by Crippen LogP contribution is 2.30. The van der Waals surface area contributed by atoms with Crippen LogP contribution in [-0.2, 0) is 10.0 Å². The van der Waals surface area contributed by atoms with Crippen LogP contribution in [0.3, 0.4) is 0 Å². The Morgan fingerprint density at radius 3 is 2.38 bits per heavy atom. The maximum Gasteiger partial charge on any atom is 0.262 e. The number of benzene rings is 3. The van der Waals surface area contributed by atoms with Crippen molar-refractivity contribution in [3.8, 4) is 11.5 Å². The Morgan fingerprint density at radius 1 is 1.00 bits per heavy atom. The molecule has 9 heteroatoms. The van der Waals surface area contributed by atoms with Crippen molar-refractivity contribution in [3.63, 3.8) is 0 Å². The van der Waals surface area contributed by atoms with E-state index in [4.69, 9.17) is 4.74 Å². The number of phenolic OH excluding ortho intramolecular Hbond substituents is 1. The summed E-state index contributed by atoms with van der Waals surface area (Å²) >= 11 is 0. The number of anilines is 2. The molecule has 0 aliphatic carbocycles. The first kappa shape index (κ1) is 20.2. The summed E-state index contributed by atoms with van der Waals surface area (Å²) in [6, 6.07) is 14.7. The summed E-state index contributed by atoms with van der Waals surface area (Å²) in [4.78, 5) is 12.1. The number of ether oxygens (including phenoxy) is 1. The van der Waals surface area contributed by atoms with E-state index in [-0.39, 0.29) is 27.6 Å². The van der Waals surface area contributed by atoms with Crippen molar-refractivity contribution in [1.29, 1.82) is 0 Å². The van der Waals surface area contributed by atoms with Crippen LogP contribution in [0.2, 0.25) is 0 Å². The number of hydrogen-bond acceptors (Lipinski definition) is 5. The number of hydrogen-bond donors (Lipinski definition) is 3. The van der Waals surface area contributed by atoms with Gasteiger partial charge in [-0.25, -0.2) is 12.8 Å². The van der Waals surface area contributed by atoms with Gasteiger partial charge in [0.05, 0.1) is 23.4 Å². The van der Waals surface area contributed by atoms with Crippen molar-refractivity contribution in [1.82, 2.24) is 0 Å². The van der Waals surface area contributed by atoms with E-state index in [2.05, 4.69) is 10.0 Å². The molecule has 0 fully saturated rings. The summed E-state index contributed by atoms with van der Waals surface area (Å²) in [6.07, 6.45) is 0. The maximum atomic E-state index is 13.0. The van der Waals surface area contributed by atoms with Crippen molar-refractivity contribution >= 4 is 27.3 Å². The Morgan fingerprint density at radius 2 is 1.69 bits per heavy atom. The number of aromatic hydroxyl groups is 1. The summed E-state index contributed by atoms with van der Waals surface area (Å²) in [5.74, 6) is -1.12. The molecule has 0 radical (unpaired) electrons. The first-order chi connectivity index (χ1) is 13.8. The van der Waals surface area contributed by atoms with Gasteiger partial charge >= 0.3 is 0 Å². The fourth-order valence-electron chi connectivity index (χ4n) is 2.51. The van der Waals surface area contributed by atoms with Gasteiger partial charge in [0.1, 0.15) is 17.3 Å². The van der Waals surface area contributed by atoms with Gasteiger partial charge in [-0.1, -0.05) is 12.1 Å². The third-order valence-electron chi connectivity index (χ3n) is 3.98. The summed E-state index contributed by atoms with van der Waals surface area (Å²) in [5, 5.41) is 12.4. The molecule has 0 heterocycles. The molecule has 3 aromatic carbocycles. The van der Waals surface area contributed by atoms with E-state index in [1.807, 2.05) is 0 Å². The topological polar surface area (TPSA) is 105 Å². The third kappa shape index (κ3) is 4.64. The van der Waals surface area contributed by atoms with E-state index in [9.17, 15) is 22.7 Å². The van der Waals surface area contributed by atoms with Crippen LogP contribution < -0.4 is 14.8 Å². The third-order valence-corrected chi connectivity index (χ3v) is 5.35. The van der Waals surface area contributed by atoms with Crippen LogP contribution >= 0.6 is 0 Å². The highest BCUT2D eigenvalue weighted by atomic mass is 32.2. The summed E-state index contributed by atoms with van der Waals surface area (Å²) < 4.78 is 46.0. The lowest BCUT2D eigenvalue weighted by atomic mass is 10.2. The lowest BCUT2D eigenvalue weighted by Crippen LogP contribution is -2.15. The largest absolute Gasteiger partial charge is 0.506 e. The van der Waals surface area contributed by atoms with E-state index in [1.54, 1.807) is 18.2 Å². The first-order valence-corrected chi connectivity index (χ1v) is 9.84. The van der Waals surface area contributed by atoms with Crippen LogP contribution in [0, 0.1) is 5.82 Å². The molecule has 150 valence electrons. The van der Waals surface area contributed by atoms with Gasteiger partial charge in [-0.05, 0) is 54.6 Å². The van der Waals surface area contributed by atoms with E-state index >= 15 is 0 Å². The van der Waals surface area contributed by atoms with Crippen molar-refractivity contribution in [2.45, 2.75) is 4.90 Å². The minimum absolute atomic E-state index is 0.109. The molecule has 0 saturated heterocycles. The van der Waals surface area contributed by atoms with Crippen LogP contribution in [0.25, 0.3) is 0 Å². The second kappa shape index (κ2) is 8.19. The molecule has 1 amide bonds. The smallest absolute Gasteiger partial charge is 0.262 e. The molecule has 0 spiro atoms. The second-order valence-corrected chi connectivity index (χ2v) is 7.63. The molecule has 3 rings (SSSR count). The van der Waals surface area contributed by atoms with Crippen LogP contribution in [-0.4, -0.2) is 26.5 Å². The zero-order valence-corrected chi connectivity index (χ0v) is 16.0. The molecule has 0 aromatic heterocycles. The van der Waals surface area contributed by atoms with Gasteiger partial charge in [0.15, 0.2) is 0 Å². The van der Waals surface area contributed by atoms with Crippen molar-refractivity contribution in [2.75, 3.05) is 17.1 Å². The van der Waals surface area contributed by atoms with Crippen LogP contribution in [0.4, 0.5) is 15.8 Å². The number of halogens is 1. The van der Waals surface area contributed by atoms with Gasteiger partial charge in [-0.2, -0.15) is 0 Å². The number of sulfonamides is 1. The number of methoxy groups -OCH3 is 1. The molecule has 0 atom stereocenters. The second-order valence-electron chi connectivity index (χ2n) is 5.95. The van der Waals surface area contributed by atoms with Gasteiger partial charge in [-0.3, -0.25) is 9.52 Å². The fraction of sp³-hybridized carbons (Fsp3) is 0.0500. The SMILES string of the molecule is COc1ccccc1NS(=O)(=O)c1ccc(O)c(NC(=O)c2ccc(F)cc2)c1. The average molecular weight is 416 g/mol. The van der Waals surface area contributed by atoms with Gasteiger partial charge < -0.3 is 15.2 Å². The molecular weight excluding hydrogens is 399 g/mol. The summed E-state index contributed by atoms with van der Waals surface area (Å²) in [5.41, 5.74) is 0.272. The van der Waals surface area contributed by atoms with E-state index in [0.717, 1.165) is 24.3 Å². The van der Waals surface area contributed by atoms with Gasteiger partial charge in [0, 0.05) is 5.56 Å².